The Kier molecular flexibility index (Phi) is 6.98. The van der Waals surface area contributed by atoms with E-state index in [-0.39, 0.29) is 12.0 Å². The number of nitrogens with zero attached hydrogens (tertiary/aromatic N) is 3. The topological polar surface area (TPSA) is 80.5 Å². The van der Waals surface area contributed by atoms with Crippen molar-refractivity contribution in [3.8, 4) is 0 Å². The summed E-state index contributed by atoms with van der Waals surface area (Å²) in [6.07, 6.45) is 3.68. The van der Waals surface area contributed by atoms with Crippen molar-refractivity contribution in [3.05, 3.63) is 11.7 Å². The van der Waals surface area contributed by atoms with E-state index in [0.29, 0.717) is 37.2 Å². The molecular formula is C16H28N4O3. The number of carbonyl (C=O) groups excluding carboxylic acids is 1. The molecule has 0 bridgehead atoms. The van der Waals surface area contributed by atoms with Crippen molar-refractivity contribution in [2.24, 2.45) is 5.92 Å². The second-order valence-corrected chi connectivity index (χ2v) is 6.13. The third-order valence-corrected chi connectivity index (χ3v) is 4.29. The van der Waals surface area contributed by atoms with Crippen molar-refractivity contribution < 1.29 is 14.1 Å². The Morgan fingerprint density at radius 3 is 2.91 bits per heavy atom. The molecule has 0 radical (unpaired) electrons. The van der Waals surface area contributed by atoms with Crippen LogP contribution in [0.5, 0.6) is 0 Å². The van der Waals surface area contributed by atoms with Crippen molar-refractivity contribution in [1.82, 2.24) is 20.4 Å². The van der Waals surface area contributed by atoms with Gasteiger partial charge in [-0.15, -0.1) is 0 Å². The smallest absolute Gasteiger partial charge is 0.246 e. The molecule has 7 nitrogen and oxygen atoms in total. The standard InChI is InChI=1S/C16H28N4O3/c1-4-22-12(2)16-18-14(23-19-16)11-20(3)15(21)6-5-13-7-9-17-10-8-13/h12-13,17H,4-11H2,1-3H3. The number of hydrogen-bond donors (Lipinski definition) is 1. The Bertz CT molecular complexity index is 485. The van der Waals surface area contributed by atoms with Gasteiger partial charge in [-0.25, -0.2) is 0 Å². The highest BCUT2D eigenvalue weighted by atomic mass is 16.5. The van der Waals surface area contributed by atoms with Crippen LogP contribution in [0.3, 0.4) is 0 Å². The Morgan fingerprint density at radius 2 is 2.22 bits per heavy atom. The van der Waals surface area contributed by atoms with Crippen LogP contribution >= 0.6 is 0 Å². The Morgan fingerprint density at radius 1 is 1.48 bits per heavy atom. The quantitative estimate of drug-likeness (QED) is 0.787. The summed E-state index contributed by atoms with van der Waals surface area (Å²) in [5.74, 6) is 1.76. The average Bonchev–Trinajstić information content (AvgIpc) is 3.02. The molecule has 1 N–H and O–H groups in total. The maximum absolute atomic E-state index is 12.2. The lowest BCUT2D eigenvalue weighted by molar-refractivity contribution is -0.131. The molecule has 23 heavy (non-hydrogen) atoms. The zero-order valence-electron chi connectivity index (χ0n) is 14.4. The van der Waals surface area contributed by atoms with Crippen molar-refractivity contribution in [2.75, 3.05) is 26.7 Å². The Labute approximate surface area is 137 Å². The van der Waals surface area contributed by atoms with Gasteiger partial charge in [-0.05, 0) is 52.1 Å². The highest BCUT2D eigenvalue weighted by molar-refractivity contribution is 5.75. The van der Waals surface area contributed by atoms with Crippen LogP contribution in [-0.4, -0.2) is 47.7 Å². The zero-order chi connectivity index (χ0) is 16.7. The van der Waals surface area contributed by atoms with Crippen LogP contribution in [-0.2, 0) is 16.1 Å². The van der Waals surface area contributed by atoms with Gasteiger partial charge in [-0.3, -0.25) is 4.79 Å². The largest absolute Gasteiger partial charge is 0.371 e. The second kappa shape index (κ2) is 8.98. The molecule has 0 aliphatic carbocycles. The summed E-state index contributed by atoms with van der Waals surface area (Å²) in [5, 5.41) is 7.26. The molecule has 130 valence electrons. The third-order valence-electron chi connectivity index (χ3n) is 4.29. The van der Waals surface area contributed by atoms with Crippen molar-refractivity contribution in [2.45, 2.75) is 52.2 Å². The molecule has 1 aliphatic heterocycles. The van der Waals surface area contributed by atoms with Gasteiger partial charge in [0.2, 0.25) is 11.8 Å². The first-order chi connectivity index (χ1) is 11.1. The Balaban J connectivity index is 1.76. The fraction of sp³-hybridized carbons (Fsp3) is 0.812. The first-order valence-corrected chi connectivity index (χ1v) is 8.49. The number of piperidine rings is 1. The predicted octanol–water partition coefficient (Wildman–Crippen LogP) is 1.91. The van der Waals surface area contributed by atoms with Crippen LogP contribution in [0.15, 0.2) is 4.52 Å². The highest BCUT2D eigenvalue weighted by Gasteiger charge is 2.19. The molecule has 0 aromatic carbocycles. The van der Waals surface area contributed by atoms with E-state index >= 15 is 0 Å². The van der Waals surface area contributed by atoms with Crippen molar-refractivity contribution in [3.63, 3.8) is 0 Å². The first kappa shape index (κ1) is 17.9. The number of rotatable bonds is 8. The molecule has 1 unspecified atom stereocenters. The minimum atomic E-state index is -0.196. The molecule has 2 rings (SSSR count). The van der Waals surface area contributed by atoms with Gasteiger partial charge in [0.1, 0.15) is 6.10 Å². The number of aromatic nitrogens is 2. The van der Waals surface area contributed by atoms with Gasteiger partial charge >= 0.3 is 0 Å². The molecule has 1 saturated heterocycles. The van der Waals surface area contributed by atoms with Gasteiger partial charge in [0.25, 0.3) is 0 Å². The van der Waals surface area contributed by atoms with Crippen LogP contribution < -0.4 is 5.32 Å². The monoisotopic (exact) mass is 324 g/mol. The van der Waals surface area contributed by atoms with Gasteiger partial charge < -0.3 is 19.5 Å². The van der Waals surface area contributed by atoms with Gasteiger partial charge in [0.05, 0.1) is 6.54 Å². The first-order valence-electron chi connectivity index (χ1n) is 8.49. The van der Waals surface area contributed by atoms with E-state index in [2.05, 4.69) is 15.5 Å². The summed E-state index contributed by atoms with van der Waals surface area (Å²) in [7, 11) is 1.78. The summed E-state index contributed by atoms with van der Waals surface area (Å²) >= 11 is 0. The van der Waals surface area contributed by atoms with E-state index in [1.54, 1.807) is 11.9 Å². The molecule has 1 aromatic rings. The van der Waals surface area contributed by atoms with E-state index in [1.807, 2.05) is 13.8 Å². The Hall–Kier alpha value is -1.47. The summed E-state index contributed by atoms with van der Waals surface area (Å²) in [6, 6.07) is 0. The molecule has 0 saturated carbocycles. The zero-order valence-corrected chi connectivity index (χ0v) is 14.4. The number of amides is 1. The predicted molar refractivity (Wildman–Crippen MR) is 85.6 cm³/mol. The van der Waals surface area contributed by atoms with E-state index in [9.17, 15) is 4.79 Å². The van der Waals surface area contributed by atoms with E-state index in [0.717, 1.165) is 19.5 Å². The van der Waals surface area contributed by atoms with Crippen LogP contribution in [0.2, 0.25) is 0 Å². The molecule has 1 amide bonds. The maximum Gasteiger partial charge on any atom is 0.246 e. The molecule has 2 heterocycles. The molecular weight excluding hydrogens is 296 g/mol. The van der Waals surface area contributed by atoms with Crippen LogP contribution in [0, 0.1) is 5.92 Å². The molecule has 1 aliphatic rings. The molecule has 0 spiro atoms. The van der Waals surface area contributed by atoms with Gasteiger partial charge in [0.15, 0.2) is 5.82 Å². The van der Waals surface area contributed by atoms with Gasteiger partial charge in [-0.2, -0.15) is 4.98 Å². The van der Waals surface area contributed by atoms with Crippen LogP contribution in [0.4, 0.5) is 0 Å². The van der Waals surface area contributed by atoms with E-state index < -0.39 is 0 Å². The van der Waals surface area contributed by atoms with Crippen LogP contribution in [0.1, 0.15) is 57.3 Å². The third kappa shape index (κ3) is 5.58. The van der Waals surface area contributed by atoms with Gasteiger partial charge in [0, 0.05) is 20.1 Å². The fourth-order valence-electron chi connectivity index (χ4n) is 2.80. The molecule has 1 fully saturated rings. The lowest BCUT2D eigenvalue weighted by Crippen LogP contribution is -2.30. The average molecular weight is 324 g/mol. The number of carbonyl (C=O) groups is 1. The van der Waals surface area contributed by atoms with Crippen molar-refractivity contribution >= 4 is 5.91 Å². The molecule has 7 heteroatoms. The number of hydrogen-bond acceptors (Lipinski definition) is 6. The lowest BCUT2D eigenvalue weighted by atomic mass is 9.93. The highest BCUT2D eigenvalue weighted by Crippen LogP contribution is 2.19. The SMILES string of the molecule is CCOC(C)c1noc(CN(C)C(=O)CCC2CCNCC2)n1. The van der Waals surface area contributed by atoms with Gasteiger partial charge in [-0.1, -0.05) is 5.16 Å². The summed E-state index contributed by atoms with van der Waals surface area (Å²) in [6.45, 7) is 6.88. The normalized spacial score (nSPS) is 17.2. The minimum Gasteiger partial charge on any atom is -0.371 e. The van der Waals surface area contributed by atoms with E-state index in [1.165, 1.54) is 12.8 Å². The fourth-order valence-corrected chi connectivity index (χ4v) is 2.80. The van der Waals surface area contributed by atoms with E-state index in [4.69, 9.17) is 9.26 Å². The number of nitrogens with one attached hydrogen (secondary N) is 1. The summed E-state index contributed by atoms with van der Waals surface area (Å²) in [4.78, 5) is 18.2. The lowest BCUT2D eigenvalue weighted by Gasteiger charge is -2.23. The molecule has 1 aromatic heterocycles. The van der Waals surface area contributed by atoms with Crippen molar-refractivity contribution in [1.29, 1.82) is 0 Å². The maximum atomic E-state index is 12.2. The minimum absolute atomic E-state index is 0.126. The van der Waals surface area contributed by atoms with Crippen LogP contribution in [0.25, 0.3) is 0 Å². The number of ether oxygens (including phenoxy) is 1. The summed E-state index contributed by atoms with van der Waals surface area (Å²) in [5.41, 5.74) is 0. The second-order valence-electron chi connectivity index (χ2n) is 6.13. The summed E-state index contributed by atoms with van der Waals surface area (Å²) < 4.78 is 10.6. The molecule has 1 atom stereocenters.